The zero-order valence-electron chi connectivity index (χ0n) is 14.7. The highest BCUT2D eigenvalue weighted by atomic mass is 32.1. The highest BCUT2D eigenvalue weighted by molar-refractivity contribution is 7.22. The lowest BCUT2D eigenvalue weighted by molar-refractivity contribution is 0.0518. The van der Waals surface area contributed by atoms with Gasteiger partial charge in [-0.2, -0.15) is 0 Å². The molecule has 4 heterocycles. The SMILES string of the molecule is CCOC(=O)c1ccc(N2CCN(c3nnc(-c4cccs4)s3)CC2)nn1. The van der Waals surface area contributed by atoms with E-state index in [9.17, 15) is 4.79 Å². The molecule has 0 atom stereocenters. The van der Waals surface area contributed by atoms with Gasteiger partial charge in [0.15, 0.2) is 16.5 Å². The average molecular weight is 403 g/mol. The van der Waals surface area contributed by atoms with E-state index in [1.54, 1.807) is 35.7 Å². The van der Waals surface area contributed by atoms with Crippen LogP contribution >= 0.6 is 22.7 Å². The summed E-state index contributed by atoms with van der Waals surface area (Å²) in [6.07, 6.45) is 0. The van der Waals surface area contributed by atoms with E-state index in [4.69, 9.17) is 4.74 Å². The van der Waals surface area contributed by atoms with Crippen molar-refractivity contribution >= 4 is 39.6 Å². The fourth-order valence-corrected chi connectivity index (χ4v) is 4.47. The third kappa shape index (κ3) is 3.91. The molecule has 1 saturated heterocycles. The minimum atomic E-state index is -0.445. The lowest BCUT2D eigenvalue weighted by atomic mass is 10.3. The van der Waals surface area contributed by atoms with Gasteiger partial charge in [-0.05, 0) is 30.5 Å². The highest BCUT2D eigenvalue weighted by Crippen LogP contribution is 2.32. The summed E-state index contributed by atoms with van der Waals surface area (Å²) in [6.45, 7) is 5.37. The number of anilines is 2. The Balaban J connectivity index is 1.37. The zero-order valence-corrected chi connectivity index (χ0v) is 16.4. The van der Waals surface area contributed by atoms with Gasteiger partial charge < -0.3 is 14.5 Å². The van der Waals surface area contributed by atoms with E-state index in [0.717, 1.165) is 47.0 Å². The molecule has 0 spiro atoms. The second-order valence-electron chi connectivity index (χ2n) is 5.84. The first kappa shape index (κ1) is 17.8. The summed E-state index contributed by atoms with van der Waals surface area (Å²) in [5.41, 5.74) is 0.231. The normalized spacial score (nSPS) is 14.4. The van der Waals surface area contributed by atoms with Gasteiger partial charge in [-0.1, -0.05) is 17.4 Å². The molecule has 3 aromatic heterocycles. The van der Waals surface area contributed by atoms with Crippen molar-refractivity contribution in [3.05, 3.63) is 35.3 Å². The first-order chi connectivity index (χ1) is 13.2. The zero-order chi connectivity index (χ0) is 18.6. The first-order valence-electron chi connectivity index (χ1n) is 8.62. The van der Waals surface area contributed by atoms with Crippen LogP contribution in [0.3, 0.4) is 0 Å². The maximum Gasteiger partial charge on any atom is 0.358 e. The largest absolute Gasteiger partial charge is 0.461 e. The van der Waals surface area contributed by atoms with Crippen molar-refractivity contribution in [3.63, 3.8) is 0 Å². The molecule has 140 valence electrons. The minimum absolute atomic E-state index is 0.231. The Labute approximate surface area is 164 Å². The molecule has 0 amide bonds. The molecule has 0 bridgehead atoms. The highest BCUT2D eigenvalue weighted by Gasteiger charge is 2.22. The van der Waals surface area contributed by atoms with E-state index >= 15 is 0 Å². The molecule has 0 unspecified atom stereocenters. The van der Waals surface area contributed by atoms with Gasteiger partial charge in [-0.3, -0.25) is 0 Å². The summed E-state index contributed by atoms with van der Waals surface area (Å²) in [4.78, 5) is 17.2. The van der Waals surface area contributed by atoms with Crippen LogP contribution in [-0.4, -0.2) is 59.1 Å². The maximum atomic E-state index is 11.7. The number of piperazine rings is 1. The maximum absolute atomic E-state index is 11.7. The van der Waals surface area contributed by atoms with Crippen LogP contribution in [0.2, 0.25) is 0 Å². The van der Waals surface area contributed by atoms with Crippen molar-refractivity contribution in [2.75, 3.05) is 42.6 Å². The lowest BCUT2D eigenvalue weighted by Crippen LogP contribution is -2.46. The van der Waals surface area contributed by atoms with E-state index < -0.39 is 5.97 Å². The molecule has 0 radical (unpaired) electrons. The number of aromatic nitrogens is 4. The summed E-state index contributed by atoms with van der Waals surface area (Å²) in [5.74, 6) is 0.318. The number of hydrogen-bond acceptors (Lipinski definition) is 10. The molecular weight excluding hydrogens is 384 g/mol. The quantitative estimate of drug-likeness (QED) is 0.602. The van der Waals surface area contributed by atoms with Crippen molar-refractivity contribution in [3.8, 4) is 9.88 Å². The Morgan fingerprint density at radius 1 is 1.07 bits per heavy atom. The molecule has 27 heavy (non-hydrogen) atoms. The predicted octanol–water partition coefficient (Wildman–Crippen LogP) is 2.56. The second-order valence-corrected chi connectivity index (χ2v) is 7.74. The number of carbonyl (C=O) groups excluding carboxylic acids is 1. The molecule has 0 aromatic carbocycles. The Morgan fingerprint density at radius 2 is 1.89 bits per heavy atom. The molecule has 10 heteroatoms. The van der Waals surface area contributed by atoms with Crippen molar-refractivity contribution < 1.29 is 9.53 Å². The molecule has 0 aliphatic carbocycles. The number of nitrogens with zero attached hydrogens (tertiary/aromatic N) is 6. The smallest absolute Gasteiger partial charge is 0.358 e. The van der Waals surface area contributed by atoms with E-state index in [1.165, 1.54) is 0 Å². The van der Waals surface area contributed by atoms with Crippen molar-refractivity contribution in [2.24, 2.45) is 0 Å². The molecular formula is C17H18N6O2S2. The van der Waals surface area contributed by atoms with Crippen LogP contribution in [-0.2, 0) is 4.74 Å². The molecule has 1 fully saturated rings. The Bertz CT molecular complexity index is 889. The second kappa shape index (κ2) is 7.97. The van der Waals surface area contributed by atoms with E-state index in [0.29, 0.717) is 6.61 Å². The first-order valence-corrected chi connectivity index (χ1v) is 10.3. The Hall–Kier alpha value is -2.59. The predicted molar refractivity (Wildman–Crippen MR) is 106 cm³/mol. The topological polar surface area (TPSA) is 84.3 Å². The van der Waals surface area contributed by atoms with Crippen LogP contribution in [0.25, 0.3) is 9.88 Å². The van der Waals surface area contributed by atoms with Crippen LogP contribution in [0.1, 0.15) is 17.4 Å². The third-order valence-electron chi connectivity index (χ3n) is 4.16. The van der Waals surface area contributed by atoms with Crippen LogP contribution in [0.5, 0.6) is 0 Å². The monoisotopic (exact) mass is 402 g/mol. The molecule has 8 nitrogen and oxygen atoms in total. The van der Waals surface area contributed by atoms with Gasteiger partial charge in [0.25, 0.3) is 0 Å². The van der Waals surface area contributed by atoms with Gasteiger partial charge >= 0.3 is 5.97 Å². The molecule has 1 aliphatic heterocycles. The Morgan fingerprint density at radius 3 is 2.56 bits per heavy atom. The fourth-order valence-electron chi connectivity index (χ4n) is 2.78. The molecule has 0 saturated carbocycles. The van der Waals surface area contributed by atoms with Gasteiger partial charge in [0.05, 0.1) is 11.5 Å². The molecule has 1 aliphatic rings. The summed E-state index contributed by atoms with van der Waals surface area (Å²) in [5, 5.41) is 20.8. The van der Waals surface area contributed by atoms with Crippen LogP contribution in [0.4, 0.5) is 10.9 Å². The number of hydrogen-bond donors (Lipinski definition) is 0. The van der Waals surface area contributed by atoms with Gasteiger partial charge in [0.1, 0.15) is 0 Å². The van der Waals surface area contributed by atoms with E-state index in [-0.39, 0.29) is 5.69 Å². The molecule has 4 rings (SSSR count). The summed E-state index contributed by atoms with van der Waals surface area (Å²) in [6, 6.07) is 7.55. The van der Waals surface area contributed by atoms with Gasteiger partial charge in [0, 0.05) is 26.2 Å². The number of thiophene rings is 1. The summed E-state index contributed by atoms with van der Waals surface area (Å²) >= 11 is 3.29. The Kier molecular flexibility index (Phi) is 5.26. The van der Waals surface area contributed by atoms with Crippen LogP contribution < -0.4 is 9.80 Å². The molecule has 3 aromatic rings. The van der Waals surface area contributed by atoms with Crippen LogP contribution in [0, 0.1) is 0 Å². The third-order valence-corrected chi connectivity index (χ3v) is 6.18. The number of ether oxygens (including phenoxy) is 1. The van der Waals surface area contributed by atoms with Crippen molar-refractivity contribution in [1.29, 1.82) is 0 Å². The molecule has 0 N–H and O–H groups in total. The van der Waals surface area contributed by atoms with Crippen molar-refractivity contribution in [1.82, 2.24) is 20.4 Å². The van der Waals surface area contributed by atoms with Crippen molar-refractivity contribution in [2.45, 2.75) is 6.92 Å². The fraction of sp³-hybridized carbons (Fsp3) is 0.353. The van der Waals surface area contributed by atoms with Gasteiger partial charge in [0.2, 0.25) is 5.13 Å². The van der Waals surface area contributed by atoms with E-state index in [1.807, 2.05) is 17.5 Å². The average Bonchev–Trinajstić information content (AvgIpc) is 3.40. The summed E-state index contributed by atoms with van der Waals surface area (Å²) < 4.78 is 4.93. The lowest BCUT2D eigenvalue weighted by Gasteiger charge is -2.34. The van der Waals surface area contributed by atoms with E-state index in [2.05, 4.69) is 36.3 Å². The van der Waals surface area contributed by atoms with Gasteiger partial charge in [-0.25, -0.2) is 4.79 Å². The summed E-state index contributed by atoms with van der Waals surface area (Å²) in [7, 11) is 0. The van der Waals surface area contributed by atoms with Crippen LogP contribution in [0.15, 0.2) is 29.6 Å². The number of esters is 1. The number of carbonyl (C=O) groups is 1. The standard InChI is InChI=1S/C17H18N6O2S2/c1-2-25-16(24)12-5-6-14(19-18-12)22-7-9-23(10-8-22)17-21-20-15(27-17)13-4-3-11-26-13/h3-6,11H,2,7-10H2,1H3. The minimum Gasteiger partial charge on any atom is -0.461 e. The number of rotatable bonds is 5. The van der Waals surface area contributed by atoms with Gasteiger partial charge in [-0.15, -0.1) is 31.7 Å².